The summed E-state index contributed by atoms with van der Waals surface area (Å²) in [6, 6.07) is 12.4. The minimum Gasteiger partial charge on any atom is -0.379 e. The second-order valence-electron chi connectivity index (χ2n) is 7.80. The Balaban J connectivity index is 1.72. The molecule has 0 saturated carbocycles. The largest absolute Gasteiger partial charge is 0.379 e. The zero-order valence-electron chi connectivity index (χ0n) is 19.1. The molecular formula is C23H32N4O5S. The molecule has 1 amide bonds. The van der Waals surface area contributed by atoms with Crippen LogP contribution < -0.4 is 10.9 Å². The number of ether oxygens (including phenoxy) is 1. The molecule has 1 aliphatic heterocycles. The van der Waals surface area contributed by atoms with Crippen LogP contribution in [0.4, 0.5) is 0 Å². The number of aromatic nitrogens is 1. The number of carbonyl (C=O) groups excluding carboxylic acids is 1. The Morgan fingerprint density at radius 3 is 2.39 bits per heavy atom. The minimum absolute atomic E-state index is 0.00548. The second kappa shape index (κ2) is 11.6. The molecule has 1 aliphatic rings. The number of hydrogen-bond acceptors (Lipinski definition) is 6. The lowest BCUT2D eigenvalue weighted by molar-refractivity contribution is -0.122. The van der Waals surface area contributed by atoms with Crippen LogP contribution in [0.1, 0.15) is 25.5 Å². The lowest BCUT2D eigenvalue weighted by Crippen LogP contribution is -2.44. The first-order valence-corrected chi connectivity index (χ1v) is 12.6. The number of pyridine rings is 1. The third-order valence-corrected chi connectivity index (χ3v) is 7.81. The molecule has 0 bridgehead atoms. The lowest BCUT2D eigenvalue weighted by Gasteiger charge is -2.35. The van der Waals surface area contributed by atoms with Gasteiger partial charge in [0.15, 0.2) is 0 Å². The van der Waals surface area contributed by atoms with E-state index in [1.165, 1.54) is 22.6 Å². The van der Waals surface area contributed by atoms with E-state index in [2.05, 4.69) is 10.2 Å². The van der Waals surface area contributed by atoms with E-state index >= 15 is 0 Å². The van der Waals surface area contributed by atoms with Crippen molar-refractivity contribution in [3.05, 3.63) is 64.6 Å². The number of nitrogens with zero attached hydrogens (tertiary/aromatic N) is 3. The van der Waals surface area contributed by atoms with Crippen LogP contribution in [0.25, 0.3) is 0 Å². The van der Waals surface area contributed by atoms with Crippen LogP contribution in [0.2, 0.25) is 0 Å². The van der Waals surface area contributed by atoms with Gasteiger partial charge in [-0.2, -0.15) is 4.31 Å². The van der Waals surface area contributed by atoms with Crippen LogP contribution >= 0.6 is 0 Å². The van der Waals surface area contributed by atoms with Crippen molar-refractivity contribution in [1.29, 1.82) is 0 Å². The second-order valence-corrected chi connectivity index (χ2v) is 9.74. The molecule has 2 heterocycles. The highest BCUT2D eigenvalue weighted by molar-refractivity contribution is 7.89. The Bertz CT molecular complexity index is 1080. The summed E-state index contributed by atoms with van der Waals surface area (Å²) >= 11 is 0. The number of carbonyl (C=O) groups is 1. The Hall–Kier alpha value is -2.53. The van der Waals surface area contributed by atoms with Crippen molar-refractivity contribution in [2.75, 3.05) is 45.9 Å². The number of nitrogens with one attached hydrogen (secondary N) is 1. The monoisotopic (exact) mass is 476 g/mol. The standard InChI is InChI=1S/C23H32N4O5S/c1-3-27(4-2)33(30,31)20-10-11-23(29)26(17-20)18-22(28)24-16-21(19-8-6-5-7-9-19)25-12-14-32-15-13-25/h5-11,17,21H,3-4,12-16,18H2,1-2H3,(H,24,28). The molecule has 1 saturated heterocycles. The molecule has 0 spiro atoms. The summed E-state index contributed by atoms with van der Waals surface area (Å²) in [5.74, 6) is -0.358. The maximum Gasteiger partial charge on any atom is 0.251 e. The molecule has 1 atom stereocenters. The van der Waals surface area contributed by atoms with E-state index in [0.29, 0.717) is 32.8 Å². The average Bonchev–Trinajstić information content (AvgIpc) is 2.82. The molecule has 33 heavy (non-hydrogen) atoms. The van der Waals surface area contributed by atoms with Gasteiger partial charge < -0.3 is 14.6 Å². The molecule has 1 N–H and O–H groups in total. The first-order valence-electron chi connectivity index (χ1n) is 11.2. The average molecular weight is 477 g/mol. The van der Waals surface area contributed by atoms with Crippen molar-refractivity contribution in [3.8, 4) is 0 Å². The third-order valence-electron chi connectivity index (χ3n) is 5.78. The van der Waals surface area contributed by atoms with Crippen LogP contribution in [0.3, 0.4) is 0 Å². The summed E-state index contributed by atoms with van der Waals surface area (Å²) in [5.41, 5.74) is 0.653. The molecule has 1 aromatic heterocycles. The van der Waals surface area contributed by atoms with Gasteiger partial charge in [0.1, 0.15) is 6.54 Å². The normalized spacial score (nSPS) is 16.0. The number of benzene rings is 1. The molecule has 9 nitrogen and oxygen atoms in total. The van der Waals surface area contributed by atoms with Gasteiger partial charge >= 0.3 is 0 Å². The molecule has 3 rings (SSSR count). The van der Waals surface area contributed by atoms with Gasteiger partial charge in [-0.05, 0) is 11.6 Å². The van der Waals surface area contributed by atoms with E-state index in [0.717, 1.165) is 23.2 Å². The molecular weight excluding hydrogens is 444 g/mol. The molecule has 1 unspecified atom stereocenters. The van der Waals surface area contributed by atoms with Crippen LogP contribution in [-0.2, 0) is 26.1 Å². The number of morpholine rings is 1. The molecule has 1 fully saturated rings. The van der Waals surface area contributed by atoms with Crippen LogP contribution in [0, 0.1) is 0 Å². The van der Waals surface area contributed by atoms with Gasteiger partial charge in [-0.25, -0.2) is 8.42 Å². The van der Waals surface area contributed by atoms with E-state index in [1.807, 2.05) is 30.3 Å². The smallest absolute Gasteiger partial charge is 0.251 e. The summed E-state index contributed by atoms with van der Waals surface area (Å²) in [6.45, 7) is 7.06. The topological polar surface area (TPSA) is 101 Å². The Morgan fingerprint density at radius 1 is 1.09 bits per heavy atom. The van der Waals surface area contributed by atoms with Gasteiger partial charge in [0.2, 0.25) is 15.9 Å². The highest BCUT2D eigenvalue weighted by atomic mass is 32.2. The van der Waals surface area contributed by atoms with E-state index in [9.17, 15) is 18.0 Å². The van der Waals surface area contributed by atoms with Crippen molar-refractivity contribution in [1.82, 2.24) is 19.1 Å². The fourth-order valence-corrected chi connectivity index (χ4v) is 5.42. The van der Waals surface area contributed by atoms with Gasteiger partial charge in [0, 0.05) is 45.0 Å². The number of hydrogen-bond donors (Lipinski definition) is 1. The molecule has 10 heteroatoms. The van der Waals surface area contributed by atoms with Gasteiger partial charge in [-0.3, -0.25) is 14.5 Å². The Morgan fingerprint density at radius 2 is 1.76 bits per heavy atom. The summed E-state index contributed by atoms with van der Waals surface area (Å²) in [6.07, 6.45) is 1.24. The van der Waals surface area contributed by atoms with Crippen molar-refractivity contribution in [2.24, 2.45) is 0 Å². The fraction of sp³-hybridized carbons (Fsp3) is 0.478. The lowest BCUT2D eigenvalue weighted by atomic mass is 10.0. The third kappa shape index (κ3) is 6.29. The maximum absolute atomic E-state index is 12.8. The van der Waals surface area contributed by atoms with E-state index in [4.69, 9.17) is 4.74 Å². The zero-order chi connectivity index (χ0) is 23.8. The molecule has 0 radical (unpaired) electrons. The molecule has 180 valence electrons. The zero-order valence-corrected chi connectivity index (χ0v) is 20.0. The maximum atomic E-state index is 12.8. The van der Waals surface area contributed by atoms with Crippen LogP contribution in [-0.4, -0.2) is 74.0 Å². The van der Waals surface area contributed by atoms with Crippen LogP contribution in [0.5, 0.6) is 0 Å². The highest BCUT2D eigenvalue weighted by Crippen LogP contribution is 2.21. The summed E-state index contributed by atoms with van der Waals surface area (Å²) < 4.78 is 33.5. The van der Waals surface area contributed by atoms with Gasteiger partial charge in [-0.15, -0.1) is 0 Å². The predicted molar refractivity (Wildman–Crippen MR) is 125 cm³/mol. The SMILES string of the molecule is CCN(CC)S(=O)(=O)c1ccc(=O)n(CC(=O)NCC(c2ccccc2)N2CCOCC2)c1. The van der Waals surface area contributed by atoms with Crippen molar-refractivity contribution >= 4 is 15.9 Å². The number of rotatable bonds is 10. The molecule has 2 aromatic rings. The van der Waals surface area contributed by atoms with E-state index in [-0.39, 0.29) is 23.4 Å². The first-order chi connectivity index (χ1) is 15.9. The molecule has 0 aliphatic carbocycles. The predicted octanol–water partition coefficient (Wildman–Crippen LogP) is 1.07. The van der Waals surface area contributed by atoms with Crippen molar-refractivity contribution in [2.45, 2.75) is 31.3 Å². The van der Waals surface area contributed by atoms with Crippen molar-refractivity contribution in [3.63, 3.8) is 0 Å². The highest BCUT2D eigenvalue weighted by Gasteiger charge is 2.24. The van der Waals surface area contributed by atoms with E-state index < -0.39 is 15.6 Å². The van der Waals surface area contributed by atoms with Crippen LogP contribution in [0.15, 0.2) is 58.4 Å². The Kier molecular flexibility index (Phi) is 8.79. The van der Waals surface area contributed by atoms with Gasteiger partial charge in [0.25, 0.3) is 5.56 Å². The summed E-state index contributed by atoms with van der Waals surface area (Å²) in [5, 5.41) is 2.92. The quantitative estimate of drug-likeness (QED) is 0.551. The summed E-state index contributed by atoms with van der Waals surface area (Å²) in [7, 11) is -3.73. The number of sulfonamides is 1. The van der Waals surface area contributed by atoms with Gasteiger partial charge in [0.05, 0.1) is 24.2 Å². The first kappa shape index (κ1) is 25.1. The van der Waals surface area contributed by atoms with Gasteiger partial charge in [-0.1, -0.05) is 44.2 Å². The fourth-order valence-electron chi connectivity index (χ4n) is 3.94. The summed E-state index contributed by atoms with van der Waals surface area (Å²) in [4.78, 5) is 27.3. The number of amides is 1. The Labute approximate surface area is 195 Å². The van der Waals surface area contributed by atoms with E-state index in [1.54, 1.807) is 13.8 Å². The van der Waals surface area contributed by atoms with Crippen molar-refractivity contribution < 1.29 is 17.9 Å². The minimum atomic E-state index is -3.73. The molecule has 1 aromatic carbocycles.